The minimum Gasteiger partial charge on any atom is -0.371 e. The van der Waals surface area contributed by atoms with Crippen LogP contribution in [-0.4, -0.2) is 19.6 Å². The summed E-state index contributed by atoms with van der Waals surface area (Å²) in [6, 6.07) is 6.26. The third-order valence-electron chi connectivity index (χ3n) is 3.24. The Morgan fingerprint density at radius 1 is 1.15 bits per heavy atom. The summed E-state index contributed by atoms with van der Waals surface area (Å²) in [5.74, 6) is 0.674. The molecule has 0 bridgehead atoms. The highest BCUT2D eigenvalue weighted by Crippen LogP contribution is 2.25. The minimum atomic E-state index is 0.674. The van der Waals surface area contributed by atoms with E-state index in [0.717, 1.165) is 44.0 Å². The van der Waals surface area contributed by atoms with Crippen molar-refractivity contribution in [1.29, 1.82) is 0 Å². The van der Waals surface area contributed by atoms with Gasteiger partial charge < -0.3 is 10.2 Å². The SMILES string of the molecule is CCCN(CCC)c1cc(Cl)ccc1CNCC(C)C. The number of hydrogen-bond acceptors (Lipinski definition) is 2. The molecule has 0 atom stereocenters. The Labute approximate surface area is 129 Å². The van der Waals surface area contributed by atoms with E-state index in [4.69, 9.17) is 11.6 Å². The normalized spacial score (nSPS) is 11.1. The Kier molecular flexibility index (Phi) is 8.01. The fraction of sp³-hybridized carbons (Fsp3) is 0.647. The van der Waals surface area contributed by atoms with Gasteiger partial charge in [-0.05, 0) is 43.0 Å². The molecule has 1 aromatic carbocycles. The van der Waals surface area contributed by atoms with Crippen molar-refractivity contribution in [2.75, 3.05) is 24.5 Å². The van der Waals surface area contributed by atoms with E-state index in [0.29, 0.717) is 5.92 Å². The van der Waals surface area contributed by atoms with Gasteiger partial charge in [-0.15, -0.1) is 0 Å². The molecule has 2 nitrogen and oxygen atoms in total. The fourth-order valence-corrected chi connectivity index (χ4v) is 2.54. The average Bonchev–Trinajstić information content (AvgIpc) is 2.40. The molecule has 0 aliphatic carbocycles. The molecule has 0 amide bonds. The van der Waals surface area contributed by atoms with Crippen molar-refractivity contribution in [3.05, 3.63) is 28.8 Å². The molecular weight excluding hydrogens is 268 g/mol. The van der Waals surface area contributed by atoms with Crippen molar-refractivity contribution in [3.63, 3.8) is 0 Å². The summed E-state index contributed by atoms with van der Waals surface area (Å²) in [6.45, 7) is 13.1. The van der Waals surface area contributed by atoms with Gasteiger partial charge in [0.25, 0.3) is 0 Å². The number of nitrogens with one attached hydrogen (secondary N) is 1. The van der Waals surface area contributed by atoms with Gasteiger partial charge in [0, 0.05) is 30.3 Å². The molecule has 1 rings (SSSR count). The molecule has 0 fully saturated rings. The first-order chi connectivity index (χ1) is 9.58. The second-order valence-corrected chi connectivity index (χ2v) is 6.22. The minimum absolute atomic E-state index is 0.674. The number of nitrogens with zero attached hydrogens (tertiary/aromatic N) is 1. The van der Waals surface area contributed by atoms with Crippen LogP contribution in [0.2, 0.25) is 5.02 Å². The molecule has 0 unspecified atom stereocenters. The molecule has 1 N–H and O–H groups in total. The monoisotopic (exact) mass is 296 g/mol. The largest absolute Gasteiger partial charge is 0.371 e. The van der Waals surface area contributed by atoms with Crippen LogP contribution in [-0.2, 0) is 6.54 Å². The van der Waals surface area contributed by atoms with Gasteiger partial charge in [0.2, 0.25) is 0 Å². The highest BCUT2D eigenvalue weighted by atomic mass is 35.5. The van der Waals surface area contributed by atoms with E-state index in [9.17, 15) is 0 Å². The zero-order valence-corrected chi connectivity index (χ0v) is 14.1. The molecule has 0 saturated heterocycles. The molecule has 0 saturated carbocycles. The van der Waals surface area contributed by atoms with Gasteiger partial charge in [-0.1, -0.05) is 45.4 Å². The Balaban J connectivity index is 2.86. The van der Waals surface area contributed by atoms with Gasteiger partial charge in [0.05, 0.1) is 0 Å². The maximum absolute atomic E-state index is 6.20. The predicted molar refractivity (Wildman–Crippen MR) is 90.8 cm³/mol. The van der Waals surface area contributed by atoms with E-state index in [-0.39, 0.29) is 0 Å². The molecular formula is C17H29ClN2. The summed E-state index contributed by atoms with van der Waals surface area (Å²) in [6.07, 6.45) is 2.32. The maximum atomic E-state index is 6.20. The second-order valence-electron chi connectivity index (χ2n) is 5.78. The van der Waals surface area contributed by atoms with Gasteiger partial charge >= 0.3 is 0 Å². The van der Waals surface area contributed by atoms with Crippen molar-refractivity contribution >= 4 is 17.3 Å². The third-order valence-corrected chi connectivity index (χ3v) is 3.48. The Hall–Kier alpha value is -0.730. The van der Waals surface area contributed by atoms with Gasteiger partial charge in [-0.3, -0.25) is 0 Å². The van der Waals surface area contributed by atoms with Gasteiger partial charge in [-0.25, -0.2) is 0 Å². The fourth-order valence-electron chi connectivity index (χ4n) is 2.37. The molecule has 0 heterocycles. The number of benzene rings is 1. The first-order valence-electron chi connectivity index (χ1n) is 7.82. The Morgan fingerprint density at radius 3 is 2.35 bits per heavy atom. The smallest absolute Gasteiger partial charge is 0.0426 e. The lowest BCUT2D eigenvalue weighted by Gasteiger charge is -2.27. The van der Waals surface area contributed by atoms with Crippen LogP contribution in [0.3, 0.4) is 0 Å². The zero-order valence-electron chi connectivity index (χ0n) is 13.4. The Bertz CT molecular complexity index is 385. The number of halogens is 1. The van der Waals surface area contributed by atoms with Crippen LogP contribution >= 0.6 is 11.6 Å². The quantitative estimate of drug-likeness (QED) is 0.710. The zero-order chi connectivity index (χ0) is 15.0. The lowest BCUT2D eigenvalue weighted by atomic mass is 10.1. The number of hydrogen-bond donors (Lipinski definition) is 1. The van der Waals surface area contributed by atoms with Crippen molar-refractivity contribution in [1.82, 2.24) is 5.32 Å². The van der Waals surface area contributed by atoms with Gasteiger partial charge in [0.15, 0.2) is 0 Å². The van der Waals surface area contributed by atoms with Crippen LogP contribution in [0.4, 0.5) is 5.69 Å². The third kappa shape index (κ3) is 5.72. The summed E-state index contributed by atoms with van der Waals surface area (Å²) in [7, 11) is 0. The average molecular weight is 297 g/mol. The molecule has 0 radical (unpaired) electrons. The van der Waals surface area contributed by atoms with Crippen LogP contribution < -0.4 is 10.2 Å². The second kappa shape index (κ2) is 9.25. The molecule has 0 aliphatic rings. The highest BCUT2D eigenvalue weighted by Gasteiger charge is 2.11. The maximum Gasteiger partial charge on any atom is 0.0426 e. The molecule has 0 aliphatic heterocycles. The first kappa shape index (κ1) is 17.3. The standard InChI is InChI=1S/C17H29ClN2/c1-5-9-20(10-6-2)17-11-16(18)8-7-15(17)13-19-12-14(3)4/h7-8,11,14,19H,5-6,9-10,12-13H2,1-4H3. The topological polar surface area (TPSA) is 15.3 Å². The summed E-state index contributed by atoms with van der Waals surface area (Å²) < 4.78 is 0. The molecule has 0 spiro atoms. The van der Waals surface area contributed by atoms with Crippen molar-refractivity contribution in [2.45, 2.75) is 47.1 Å². The van der Waals surface area contributed by atoms with Crippen molar-refractivity contribution in [3.8, 4) is 0 Å². The van der Waals surface area contributed by atoms with E-state index in [1.54, 1.807) is 0 Å². The molecule has 1 aromatic rings. The van der Waals surface area contributed by atoms with Crippen LogP contribution in [0.1, 0.15) is 46.1 Å². The lowest BCUT2D eigenvalue weighted by Crippen LogP contribution is -2.27. The predicted octanol–water partition coefficient (Wildman–Crippen LogP) is 4.71. The summed E-state index contributed by atoms with van der Waals surface area (Å²) in [5.41, 5.74) is 2.63. The molecule has 20 heavy (non-hydrogen) atoms. The van der Waals surface area contributed by atoms with Gasteiger partial charge in [0.1, 0.15) is 0 Å². The van der Waals surface area contributed by atoms with Gasteiger partial charge in [-0.2, -0.15) is 0 Å². The van der Waals surface area contributed by atoms with E-state index < -0.39 is 0 Å². The first-order valence-corrected chi connectivity index (χ1v) is 8.20. The van der Waals surface area contributed by atoms with Crippen LogP contribution in [0.25, 0.3) is 0 Å². The van der Waals surface area contributed by atoms with Crippen LogP contribution in [0.5, 0.6) is 0 Å². The van der Waals surface area contributed by atoms with Crippen LogP contribution in [0, 0.1) is 5.92 Å². The highest BCUT2D eigenvalue weighted by molar-refractivity contribution is 6.30. The van der Waals surface area contributed by atoms with E-state index in [1.165, 1.54) is 11.3 Å². The summed E-state index contributed by atoms with van der Waals surface area (Å²) >= 11 is 6.20. The Morgan fingerprint density at radius 2 is 1.80 bits per heavy atom. The molecule has 3 heteroatoms. The number of rotatable bonds is 9. The number of anilines is 1. The van der Waals surface area contributed by atoms with Crippen molar-refractivity contribution in [2.24, 2.45) is 5.92 Å². The van der Waals surface area contributed by atoms with E-state index >= 15 is 0 Å². The van der Waals surface area contributed by atoms with Crippen molar-refractivity contribution < 1.29 is 0 Å². The van der Waals surface area contributed by atoms with E-state index in [2.05, 4.69) is 50.0 Å². The summed E-state index contributed by atoms with van der Waals surface area (Å²) in [5, 5.41) is 4.35. The van der Waals surface area contributed by atoms with Crippen LogP contribution in [0.15, 0.2) is 18.2 Å². The molecule has 0 aromatic heterocycles. The lowest BCUT2D eigenvalue weighted by molar-refractivity contribution is 0.551. The summed E-state index contributed by atoms with van der Waals surface area (Å²) in [4.78, 5) is 2.46. The van der Waals surface area contributed by atoms with E-state index in [1.807, 2.05) is 6.07 Å². The molecule has 114 valence electrons.